The van der Waals surface area contributed by atoms with Crippen LogP contribution in [0.15, 0.2) is 12.3 Å². The Kier molecular flexibility index (Phi) is 2.21. The summed E-state index contributed by atoms with van der Waals surface area (Å²) in [6.07, 6.45) is 0.993. The van der Waals surface area contributed by atoms with E-state index < -0.39 is 18.3 Å². The molecule has 82 valence electrons. The summed E-state index contributed by atoms with van der Waals surface area (Å²) < 4.78 is 39.1. The first-order valence-corrected chi connectivity index (χ1v) is 4.52. The second kappa shape index (κ2) is 3.29. The number of alkyl halides is 2. The number of pyridine rings is 1. The van der Waals surface area contributed by atoms with Gasteiger partial charge in [-0.1, -0.05) is 0 Å². The minimum atomic E-state index is -2.75. The third-order valence-corrected chi connectivity index (χ3v) is 2.31. The van der Waals surface area contributed by atoms with Crippen molar-refractivity contribution >= 4 is 11.5 Å². The van der Waals surface area contributed by atoms with Crippen molar-refractivity contribution in [2.75, 3.05) is 23.7 Å². The fourth-order valence-corrected chi connectivity index (χ4v) is 1.59. The van der Waals surface area contributed by atoms with Gasteiger partial charge in [-0.3, -0.25) is 0 Å². The lowest BCUT2D eigenvalue weighted by Crippen LogP contribution is -2.26. The molecule has 2 N–H and O–H groups in total. The Balaban J connectivity index is 2.24. The fourth-order valence-electron chi connectivity index (χ4n) is 1.59. The SMILES string of the molecule is Nc1cnc(N2CCC(F)(F)C2)c(F)c1. The van der Waals surface area contributed by atoms with Gasteiger partial charge < -0.3 is 10.6 Å². The minimum absolute atomic E-state index is 0.0543. The predicted molar refractivity (Wildman–Crippen MR) is 50.4 cm³/mol. The molecular formula is C9H10F3N3. The summed E-state index contributed by atoms with van der Waals surface area (Å²) in [5.41, 5.74) is 5.49. The van der Waals surface area contributed by atoms with Crippen molar-refractivity contribution in [3.63, 3.8) is 0 Å². The molecule has 0 amide bonds. The summed E-state index contributed by atoms with van der Waals surface area (Å²) in [5, 5.41) is 0. The Morgan fingerprint density at radius 2 is 2.20 bits per heavy atom. The van der Waals surface area contributed by atoms with Crippen molar-refractivity contribution in [2.24, 2.45) is 0 Å². The van der Waals surface area contributed by atoms with Crippen LogP contribution in [0.3, 0.4) is 0 Å². The largest absolute Gasteiger partial charge is 0.397 e. The molecule has 1 aliphatic rings. The maximum atomic E-state index is 13.3. The number of rotatable bonds is 1. The van der Waals surface area contributed by atoms with Crippen LogP contribution in [0, 0.1) is 5.82 Å². The molecule has 2 rings (SSSR count). The zero-order valence-corrected chi connectivity index (χ0v) is 7.88. The van der Waals surface area contributed by atoms with E-state index in [-0.39, 0.29) is 24.5 Å². The van der Waals surface area contributed by atoms with Crippen LogP contribution < -0.4 is 10.6 Å². The van der Waals surface area contributed by atoms with Gasteiger partial charge in [0.05, 0.1) is 18.4 Å². The van der Waals surface area contributed by atoms with Gasteiger partial charge >= 0.3 is 0 Å². The highest BCUT2D eigenvalue weighted by Crippen LogP contribution is 2.31. The second-order valence-electron chi connectivity index (χ2n) is 3.60. The molecule has 1 aromatic rings. The molecule has 3 nitrogen and oxygen atoms in total. The summed E-state index contributed by atoms with van der Waals surface area (Å²) in [4.78, 5) is 4.95. The van der Waals surface area contributed by atoms with Gasteiger partial charge in [0.15, 0.2) is 11.6 Å². The van der Waals surface area contributed by atoms with Gasteiger partial charge in [-0.25, -0.2) is 18.2 Å². The van der Waals surface area contributed by atoms with E-state index in [0.717, 1.165) is 6.07 Å². The van der Waals surface area contributed by atoms with E-state index in [1.807, 2.05) is 0 Å². The summed E-state index contributed by atoms with van der Waals surface area (Å²) in [6, 6.07) is 1.08. The number of hydrogen-bond donors (Lipinski definition) is 1. The van der Waals surface area contributed by atoms with Gasteiger partial charge in [-0.05, 0) is 0 Å². The van der Waals surface area contributed by atoms with E-state index in [9.17, 15) is 13.2 Å². The van der Waals surface area contributed by atoms with Crippen LogP contribution in [0.25, 0.3) is 0 Å². The molecular weight excluding hydrogens is 207 g/mol. The zero-order valence-electron chi connectivity index (χ0n) is 7.88. The van der Waals surface area contributed by atoms with Gasteiger partial charge in [0.25, 0.3) is 5.92 Å². The number of aromatic nitrogens is 1. The zero-order chi connectivity index (χ0) is 11.1. The van der Waals surface area contributed by atoms with Crippen molar-refractivity contribution < 1.29 is 13.2 Å². The molecule has 0 aromatic carbocycles. The summed E-state index contributed by atoms with van der Waals surface area (Å²) in [5.74, 6) is -3.47. The lowest BCUT2D eigenvalue weighted by Gasteiger charge is -2.17. The second-order valence-corrected chi connectivity index (χ2v) is 3.60. The molecule has 2 heterocycles. The lowest BCUT2D eigenvalue weighted by molar-refractivity contribution is 0.0256. The van der Waals surface area contributed by atoms with Crippen LogP contribution in [0.4, 0.5) is 24.7 Å². The van der Waals surface area contributed by atoms with Crippen LogP contribution in [0.1, 0.15) is 6.42 Å². The first-order chi connectivity index (χ1) is 6.98. The molecule has 1 fully saturated rings. The molecule has 0 saturated carbocycles. The standard InChI is InChI=1S/C9H10F3N3/c10-7-3-6(13)4-14-8(7)15-2-1-9(11,12)5-15/h3-4H,1-2,5,13H2. The molecule has 1 aromatic heterocycles. The van der Waals surface area contributed by atoms with E-state index in [0.29, 0.717) is 0 Å². The molecule has 0 radical (unpaired) electrons. The van der Waals surface area contributed by atoms with E-state index >= 15 is 0 Å². The highest BCUT2D eigenvalue weighted by atomic mass is 19.3. The first kappa shape index (κ1) is 10.1. The van der Waals surface area contributed by atoms with Crippen LogP contribution in [-0.2, 0) is 0 Å². The van der Waals surface area contributed by atoms with Gasteiger partial charge in [0.1, 0.15) is 0 Å². The predicted octanol–water partition coefficient (Wildman–Crippen LogP) is 1.65. The van der Waals surface area contributed by atoms with Crippen molar-refractivity contribution in [3.05, 3.63) is 18.1 Å². The Bertz CT molecular complexity index is 381. The number of hydrogen-bond acceptors (Lipinski definition) is 3. The minimum Gasteiger partial charge on any atom is -0.397 e. The highest BCUT2D eigenvalue weighted by Gasteiger charge is 2.39. The summed E-state index contributed by atoms with van der Waals surface area (Å²) >= 11 is 0. The van der Waals surface area contributed by atoms with E-state index in [2.05, 4.69) is 4.98 Å². The molecule has 15 heavy (non-hydrogen) atoms. The van der Waals surface area contributed by atoms with Gasteiger partial charge in [0.2, 0.25) is 0 Å². The Labute approximate surface area is 84.7 Å². The molecule has 0 aliphatic carbocycles. The molecule has 1 saturated heterocycles. The van der Waals surface area contributed by atoms with Gasteiger partial charge in [-0.15, -0.1) is 0 Å². The maximum Gasteiger partial charge on any atom is 0.266 e. The maximum absolute atomic E-state index is 13.3. The molecule has 0 unspecified atom stereocenters. The normalized spacial score (nSPS) is 19.5. The number of nitrogens with zero attached hydrogens (tertiary/aromatic N) is 2. The van der Waals surface area contributed by atoms with E-state index in [1.54, 1.807) is 0 Å². The van der Waals surface area contributed by atoms with Crippen LogP contribution in [0.2, 0.25) is 0 Å². The Hall–Kier alpha value is -1.46. The Morgan fingerprint density at radius 3 is 2.73 bits per heavy atom. The van der Waals surface area contributed by atoms with Crippen molar-refractivity contribution in [2.45, 2.75) is 12.3 Å². The van der Waals surface area contributed by atoms with Crippen LogP contribution in [-0.4, -0.2) is 24.0 Å². The van der Waals surface area contributed by atoms with Gasteiger partial charge in [0, 0.05) is 19.0 Å². The molecule has 1 aliphatic heterocycles. The van der Waals surface area contributed by atoms with Crippen molar-refractivity contribution in [3.8, 4) is 0 Å². The molecule has 6 heteroatoms. The fraction of sp³-hybridized carbons (Fsp3) is 0.444. The van der Waals surface area contributed by atoms with E-state index in [1.165, 1.54) is 11.1 Å². The monoisotopic (exact) mass is 217 g/mol. The first-order valence-electron chi connectivity index (χ1n) is 4.52. The summed E-state index contributed by atoms with van der Waals surface area (Å²) in [7, 11) is 0. The third-order valence-electron chi connectivity index (χ3n) is 2.31. The summed E-state index contributed by atoms with van der Waals surface area (Å²) in [6.45, 7) is -0.373. The Morgan fingerprint density at radius 1 is 1.47 bits per heavy atom. The third kappa shape index (κ3) is 1.98. The van der Waals surface area contributed by atoms with Crippen LogP contribution in [0.5, 0.6) is 0 Å². The molecule has 0 atom stereocenters. The number of nitrogen functional groups attached to an aromatic ring is 1. The number of anilines is 2. The van der Waals surface area contributed by atoms with E-state index in [4.69, 9.17) is 5.73 Å². The number of halogens is 3. The van der Waals surface area contributed by atoms with Crippen molar-refractivity contribution in [1.29, 1.82) is 0 Å². The smallest absolute Gasteiger partial charge is 0.266 e. The average Bonchev–Trinajstić information content (AvgIpc) is 2.46. The van der Waals surface area contributed by atoms with Crippen LogP contribution >= 0.6 is 0 Å². The average molecular weight is 217 g/mol. The molecule has 0 bridgehead atoms. The van der Waals surface area contributed by atoms with Gasteiger partial charge in [-0.2, -0.15) is 0 Å². The quantitative estimate of drug-likeness (QED) is 0.777. The lowest BCUT2D eigenvalue weighted by atomic mass is 10.3. The van der Waals surface area contributed by atoms with Crippen molar-refractivity contribution in [1.82, 2.24) is 4.98 Å². The number of nitrogens with two attached hydrogens (primary N) is 1. The topological polar surface area (TPSA) is 42.1 Å². The molecule has 0 spiro atoms. The highest BCUT2D eigenvalue weighted by molar-refractivity contribution is 5.48.